The van der Waals surface area contributed by atoms with Crippen LogP contribution in [0.1, 0.15) is 20.9 Å². The molecule has 82 valence electrons. The number of hydrogen-bond donors (Lipinski definition) is 0. The standard InChI is InChI=1S/C14H15NS/c1-10-4-6-13(8-11(10)2)15-9-14-7-5-12(3)16-14/h4-9H,1-3H3. The van der Waals surface area contributed by atoms with Crippen LogP contribution in [0.15, 0.2) is 35.3 Å². The van der Waals surface area contributed by atoms with Crippen LogP contribution in [0.4, 0.5) is 5.69 Å². The first-order valence-corrected chi connectivity index (χ1v) is 6.14. The lowest BCUT2D eigenvalue weighted by atomic mass is 10.1. The first kappa shape index (κ1) is 11.1. The lowest BCUT2D eigenvalue weighted by molar-refractivity contribution is 1.33. The molecule has 0 aliphatic carbocycles. The van der Waals surface area contributed by atoms with E-state index in [-0.39, 0.29) is 0 Å². The monoisotopic (exact) mass is 229 g/mol. The quantitative estimate of drug-likeness (QED) is 0.676. The predicted molar refractivity (Wildman–Crippen MR) is 72.2 cm³/mol. The molecule has 2 heteroatoms. The van der Waals surface area contributed by atoms with E-state index in [9.17, 15) is 0 Å². The first-order valence-electron chi connectivity index (χ1n) is 5.33. The van der Waals surface area contributed by atoms with Gasteiger partial charge in [-0.2, -0.15) is 0 Å². The van der Waals surface area contributed by atoms with E-state index >= 15 is 0 Å². The number of aryl methyl sites for hydroxylation is 3. The number of thiophene rings is 1. The molecule has 0 unspecified atom stereocenters. The molecule has 0 aliphatic heterocycles. The Hall–Kier alpha value is -1.41. The van der Waals surface area contributed by atoms with Crippen molar-refractivity contribution in [1.29, 1.82) is 0 Å². The fraction of sp³-hybridized carbons (Fsp3) is 0.214. The average Bonchev–Trinajstić information content (AvgIpc) is 2.66. The Morgan fingerprint density at radius 2 is 1.81 bits per heavy atom. The normalized spacial score (nSPS) is 11.2. The molecule has 16 heavy (non-hydrogen) atoms. The third-order valence-electron chi connectivity index (χ3n) is 2.59. The highest BCUT2D eigenvalue weighted by Gasteiger charge is 1.95. The van der Waals surface area contributed by atoms with Crippen molar-refractivity contribution in [2.24, 2.45) is 4.99 Å². The van der Waals surface area contributed by atoms with Crippen molar-refractivity contribution in [1.82, 2.24) is 0 Å². The molecule has 0 saturated carbocycles. The Kier molecular flexibility index (Phi) is 3.20. The second kappa shape index (κ2) is 4.62. The van der Waals surface area contributed by atoms with Crippen LogP contribution in [-0.2, 0) is 0 Å². The number of rotatable bonds is 2. The number of nitrogens with zero attached hydrogens (tertiary/aromatic N) is 1. The molecule has 1 nitrogen and oxygen atoms in total. The maximum absolute atomic E-state index is 4.48. The van der Waals surface area contributed by atoms with Gasteiger partial charge >= 0.3 is 0 Å². The summed E-state index contributed by atoms with van der Waals surface area (Å²) in [5.41, 5.74) is 3.62. The maximum Gasteiger partial charge on any atom is 0.0633 e. The summed E-state index contributed by atoms with van der Waals surface area (Å²) >= 11 is 1.77. The summed E-state index contributed by atoms with van der Waals surface area (Å²) in [5, 5.41) is 0. The van der Waals surface area contributed by atoms with Gasteiger partial charge in [0.15, 0.2) is 0 Å². The zero-order chi connectivity index (χ0) is 11.5. The topological polar surface area (TPSA) is 12.4 Å². The Labute approximate surface area is 100 Å². The van der Waals surface area contributed by atoms with Crippen molar-refractivity contribution in [2.75, 3.05) is 0 Å². The van der Waals surface area contributed by atoms with Crippen LogP contribution in [0, 0.1) is 20.8 Å². The molecule has 2 aromatic rings. The smallest absolute Gasteiger partial charge is 0.0633 e. The van der Waals surface area contributed by atoms with E-state index in [0.717, 1.165) is 5.69 Å². The molecule has 0 amide bonds. The van der Waals surface area contributed by atoms with Gasteiger partial charge in [0.2, 0.25) is 0 Å². The molecule has 0 saturated heterocycles. The summed E-state index contributed by atoms with van der Waals surface area (Å²) in [4.78, 5) is 7.00. The Morgan fingerprint density at radius 3 is 2.44 bits per heavy atom. The number of aliphatic imine (C=N–C) groups is 1. The van der Waals surface area contributed by atoms with E-state index in [0.29, 0.717) is 0 Å². The maximum atomic E-state index is 4.48. The summed E-state index contributed by atoms with van der Waals surface area (Å²) in [6.07, 6.45) is 1.93. The molecular weight excluding hydrogens is 214 g/mol. The Morgan fingerprint density at radius 1 is 1.00 bits per heavy atom. The second-order valence-corrected chi connectivity index (χ2v) is 5.29. The van der Waals surface area contributed by atoms with Crippen LogP contribution in [0.25, 0.3) is 0 Å². The van der Waals surface area contributed by atoms with Gasteiger partial charge < -0.3 is 0 Å². The molecule has 0 radical (unpaired) electrons. The lowest BCUT2D eigenvalue weighted by Gasteiger charge is -1.99. The highest BCUT2D eigenvalue weighted by molar-refractivity contribution is 7.13. The van der Waals surface area contributed by atoms with Gasteiger partial charge in [-0.05, 0) is 56.2 Å². The third-order valence-corrected chi connectivity index (χ3v) is 3.53. The Bertz CT molecular complexity index is 523. The van der Waals surface area contributed by atoms with Crippen molar-refractivity contribution in [3.63, 3.8) is 0 Å². The molecule has 0 spiro atoms. The molecule has 0 fully saturated rings. The molecule has 0 aliphatic rings. The van der Waals surface area contributed by atoms with E-state index in [1.807, 2.05) is 6.21 Å². The van der Waals surface area contributed by atoms with Crippen molar-refractivity contribution in [3.8, 4) is 0 Å². The summed E-state index contributed by atoms with van der Waals surface area (Å²) in [5.74, 6) is 0. The molecule has 1 heterocycles. The van der Waals surface area contributed by atoms with Gasteiger partial charge in [-0.25, -0.2) is 0 Å². The van der Waals surface area contributed by atoms with E-state index in [1.54, 1.807) is 11.3 Å². The molecule has 2 rings (SSSR count). The fourth-order valence-electron chi connectivity index (χ4n) is 1.47. The molecule has 0 atom stereocenters. The summed E-state index contributed by atoms with van der Waals surface area (Å²) < 4.78 is 0. The average molecular weight is 229 g/mol. The van der Waals surface area contributed by atoms with Crippen molar-refractivity contribution >= 4 is 23.2 Å². The number of hydrogen-bond acceptors (Lipinski definition) is 2. The van der Waals surface area contributed by atoms with Crippen LogP contribution in [0.3, 0.4) is 0 Å². The van der Waals surface area contributed by atoms with Gasteiger partial charge in [-0.15, -0.1) is 11.3 Å². The van der Waals surface area contributed by atoms with Gasteiger partial charge in [0, 0.05) is 16.0 Å². The predicted octanol–water partition coefficient (Wildman–Crippen LogP) is 4.42. The molecule has 0 bridgehead atoms. The van der Waals surface area contributed by atoms with Gasteiger partial charge in [0.25, 0.3) is 0 Å². The molecular formula is C14H15NS. The van der Waals surface area contributed by atoms with Crippen LogP contribution in [0.5, 0.6) is 0 Å². The minimum absolute atomic E-state index is 1.02. The SMILES string of the molecule is Cc1ccc(C=Nc2ccc(C)c(C)c2)s1. The first-order chi connectivity index (χ1) is 7.65. The summed E-state index contributed by atoms with van der Waals surface area (Å²) in [6.45, 7) is 6.34. The summed E-state index contributed by atoms with van der Waals surface area (Å²) in [6, 6.07) is 10.5. The van der Waals surface area contributed by atoms with E-state index in [2.05, 4.69) is 56.1 Å². The third kappa shape index (κ3) is 2.58. The van der Waals surface area contributed by atoms with Gasteiger partial charge in [0.05, 0.1) is 5.69 Å². The van der Waals surface area contributed by atoms with Crippen molar-refractivity contribution < 1.29 is 0 Å². The fourth-order valence-corrected chi connectivity index (χ4v) is 2.22. The minimum Gasteiger partial charge on any atom is -0.255 e. The second-order valence-electron chi connectivity index (χ2n) is 3.98. The van der Waals surface area contributed by atoms with Gasteiger partial charge in [-0.1, -0.05) is 6.07 Å². The van der Waals surface area contributed by atoms with Crippen LogP contribution in [0.2, 0.25) is 0 Å². The van der Waals surface area contributed by atoms with Gasteiger partial charge in [-0.3, -0.25) is 4.99 Å². The van der Waals surface area contributed by atoms with Crippen molar-refractivity contribution in [3.05, 3.63) is 51.2 Å². The zero-order valence-corrected chi connectivity index (χ0v) is 10.6. The largest absolute Gasteiger partial charge is 0.255 e. The molecule has 1 aromatic heterocycles. The number of benzene rings is 1. The van der Waals surface area contributed by atoms with Crippen LogP contribution >= 0.6 is 11.3 Å². The van der Waals surface area contributed by atoms with Crippen LogP contribution < -0.4 is 0 Å². The highest BCUT2D eigenvalue weighted by atomic mass is 32.1. The minimum atomic E-state index is 1.02. The molecule has 0 N–H and O–H groups in total. The Balaban J connectivity index is 2.20. The van der Waals surface area contributed by atoms with E-state index < -0.39 is 0 Å². The highest BCUT2D eigenvalue weighted by Crippen LogP contribution is 2.18. The van der Waals surface area contributed by atoms with Crippen LogP contribution in [-0.4, -0.2) is 6.21 Å². The van der Waals surface area contributed by atoms with Crippen molar-refractivity contribution in [2.45, 2.75) is 20.8 Å². The lowest BCUT2D eigenvalue weighted by Crippen LogP contribution is -1.79. The van der Waals surface area contributed by atoms with E-state index in [4.69, 9.17) is 0 Å². The zero-order valence-electron chi connectivity index (χ0n) is 9.82. The summed E-state index contributed by atoms with van der Waals surface area (Å²) in [7, 11) is 0. The molecule has 1 aromatic carbocycles. The van der Waals surface area contributed by atoms with E-state index in [1.165, 1.54) is 20.9 Å². The van der Waals surface area contributed by atoms with Gasteiger partial charge in [0.1, 0.15) is 0 Å².